The number of hydrogen-bond acceptors (Lipinski definition) is 2. The van der Waals surface area contributed by atoms with Gasteiger partial charge in [-0.15, -0.1) is 0 Å². The summed E-state index contributed by atoms with van der Waals surface area (Å²) in [6.07, 6.45) is 6.54. The Kier molecular flexibility index (Phi) is 6.11. The van der Waals surface area contributed by atoms with Crippen LogP contribution in [0.4, 0.5) is 0 Å². The van der Waals surface area contributed by atoms with E-state index >= 15 is 0 Å². The van der Waals surface area contributed by atoms with Crippen molar-refractivity contribution in [1.29, 1.82) is 0 Å². The molecule has 2 heterocycles. The number of amides is 2. The van der Waals surface area contributed by atoms with Gasteiger partial charge in [-0.3, -0.25) is 9.59 Å². The van der Waals surface area contributed by atoms with Gasteiger partial charge < -0.3 is 9.80 Å². The number of rotatable bonds is 4. The van der Waals surface area contributed by atoms with E-state index in [-0.39, 0.29) is 11.8 Å². The predicted octanol–water partition coefficient (Wildman–Crippen LogP) is 3.18. The number of aryl methyl sites for hydroxylation is 2. The van der Waals surface area contributed by atoms with Crippen molar-refractivity contribution in [2.24, 2.45) is 5.92 Å². The lowest BCUT2D eigenvalue weighted by Crippen LogP contribution is -2.45. The summed E-state index contributed by atoms with van der Waals surface area (Å²) in [7, 11) is 0. The van der Waals surface area contributed by atoms with Gasteiger partial charge in [0.1, 0.15) is 0 Å². The molecule has 0 radical (unpaired) electrons. The first-order valence-corrected chi connectivity index (χ1v) is 9.75. The van der Waals surface area contributed by atoms with Crippen molar-refractivity contribution >= 4 is 11.8 Å². The second-order valence-electron chi connectivity index (χ2n) is 7.53. The molecular formula is C21H30N2O2. The van der Waals surface area contributed by atoms with E-state index < -0.39 is 0 Å². The van der Waals surface area contributed by atoms with Crippen LogP contribution in [-0.4, -0.2) is 47.8 Å². The fourth-order valence-corrected chi connectivity index (χ4v) is 4.03. The lowest BCUT2D eigenvalue weighted by atomic mass is 9.94. The summed E-state index contributed by atoms with van der Waals surface area (Å²) in [6, 6.07) is 8.36. The summed E-state index contributed by atoms with van der Waals surface area (Å²) in [6.45, 7) is 5.40. The molecule has 2 aliphatic rings. The Morgan fingerprint density at radius 2 is 1.72 bits per heavy atom. The molecule has 1 aromatic rings. The molecule has 0 bridgehead atoms. The SMILES string of the molecule is Cc1cccc(CCC(=O)N2CCC(C(=O)N3CCCCC3)CC2)c1. The Morgan fingerprint density at radius 3 is 2.40 bits per heavy atom. The maximum atomic E-state index is 12.6. The van der Waals surface area contributed by atoms with E-state index in [1.807, 2.05) is 15.9 Å². The van der Waals surface area contributed by atoms with Gasteiger partial charge in [0.15, 0.2) is 0 Å². The highest BCUT2D eigenvalue weighted by Gasteiger charge is 2.30. The molecule has 0 atom stereocenters. The maximum absolute atomic E-state index is 12.6. The topological polar surface area (TPSA) is 40.6 Å². The predicted molar refractivity (Wildman–Crippen MR) is 99.2 cm³/mol. The second kappa shape index (κ2) is 8.50. The fraction of sp³-hybridized carbons (Fsp3) is 0.619. The van der Waals surface area contributed by atoms with Gasteiger partial charge in [-0.2, -0.15) is 0 Å². The maximum Gasteiger partial charge on any atom is 0.225 e. The number of carbonyl (C=O) groups excluding carboxylic acids is 2. The van der Waals surface area contributed by atoms with Gasteiger partial charge in [0.2, 0.25) is 11.8 Å². The van der Waals surface area contributed by atoms with Crippen molar-refractivity contribution in [3.05, 3.63) is 35.4 Å². The number of carbonyl (C=O) groups is 2. The first-order chi connectivity index (χ1) is 12.1. The monoisotopic (exact) mass is 342 g/mol. The van der Waals surface area contributed by atoms with Crippen molar-refractivity contribution in [1.82, 2.24) is 9.80 Å². The quantitative estimate of drug-likeness (QED) is 0.843. The Bertz CT molecular complexity index is 600. The molecule has 3 rings (SSSR count). The molecule has 2 saturated heterocycles. The largest absolute Gasteiger partial charge is 0.343 e. The van der Waals surface area contributed by atoms with E-state index in [1.165, 1.54) is 17.5 Å². The molecule has 4 heteroatoms. The van der Waals surface area contributed by atoms with Crippen molar-refractivity contribution in [3.63, 3.8) is 0 Å². The molecule has 0 aliphatic carbocycles. The van der Waals surface area contributed by atoms with Crippen molar-refractivity contribution in [3.8, 4) is 0 Å². The van der Waals surface area contributed by atoms with Crippen LogP contribution in [0.1, 0.15) is 49.7 Å². The molecule has 25 heavy (non-hydrogen) atoms. The summed E-state index contributed by atoms with van der Waals surface area (Å²) >= 11 is 0. The average molecular weight is 342 g/mol. The first kappa shape index (κ1) is 18.0. The van der Waals surface area contributed by atoms with Crippen LogP contribution in [0.25, 0.3) is 0 Å². The first-order valence-electron chi connectivity index (χ1n) is 9.75. The summed E-state index contributed by atoms with van der Waals surface area (Å²) < 4.78 is 0. The standard InChI is InChI=1S/C21H30N2O2/c1-17-6-5-7-18(16-17)8-9-20(24)22-14-10-19(11-15-22)21(25)23-12-3-2-4-13-23/h5-7,16,19H,2-4,8-15H2,1H3. The summed E-state index contributed by atoms with van der Waals surface area (Å²) in [5, 5.41) is 0. The zero-order valence-corrected chi connectivity index (χ0v) is 15.4. The number of benzene rings is 1. The van der Waals surface area contributed by atoms with Crippen LogP contribution in [0.5, 0.6) is 0 Å². The van der Waals surface area contributed by atoms with E-state index in [4.69, 9.17) is 0 Å². The summed E-state index contributed by atoms with van der Waals surface area (Å²) in [4.78, 5) is 29.1. The molecule has 0 saturated carbocycles. The molecule has 2 aliphatic heterocycles. The smallest absolute Gasteiger partial charge is 0.225 e. The molecule has 4 nitrogen and oxygen atoms in total. The van der Waals surface area contributed by atoms with Crippen LogP contribution in [0.15, 0.2) is 24.3 Å². The van der Waals surface area contributed by atoms with E-state index in [1.54, 1.807) is 0 Å². The van der Waals surface area contributed by atoms with Gasteiger partial charge in [-0.1, -0.05) is 29.8 Å². The molecule has 0 N–H and O–H groups in total. The molecule has 136 valence electrons. The molecule has 0 spiro atoms. The highest BCUT2D eigenvalue weighted by molar-refractivity contribution is 5.80. The van der Waals surface area contributed by atoms with Gasteiger partial charge in [0.25, 0.3) is 0 Å². The number of hydrogen-bond donors (Lipinski definition) is 0. The van der Waals surface area contributed by atoms with Crippen LogP contribution in [-0.2, 0) is 16.0 Å². The van der Waals surface area contributed by atoms with Gasteiger partial charge in [-0.25, -0.2) is 0 Å². The van der Waals surface area contributed by atoms with Gasteiger partial charge >= 0.3 is 0 Å². The summed E-state index contributed by atoms with van der Waals surface area (Å²) in [5.41, 5.74) is 2.46. The lowest BCUT2D eigenvalue weighted by Gasteiger charge is -2.35. The third-order valence-corrected chi connectivity index (χ3v) is 5.57. The number of likely N-dealkylation sites (tertiary alicyclic amines) is 2. The van der Waals surface area contributed by atoms with E-state index in [0.717, 1.165) is 58.3 Å². The minimum atomic E-state index is 0.124. The Labute approximate surface area is 151 Å². The van der Waals surface area contributed by atoms with Crippen LogP contribution < -0.4 is 0 Å². The minimum Gasteiger partial charge on any atom is -0.343 e. The Morgan fingerprint density at radius 1 is 1.00 bits per heavy atom. The van der Waals surface area contributed by atoms with Crippen molar-refractivity contribution in [2.45, 2.75) is 51.9 Å². The van der Waals surface area contributed by atoms with Crippen LogP contribution in [0, 0.1) is 12.8 Å². The average Bonchev–Trinajstić information content (AvgIpc) is 2.66. The number of piperidine rings is 2. The second-order valence-corrected chi connectivity index (χ2v) is 7.53. The number of nitrogens with zero attached hydrogens (tertiary/aromatic N) is 2. The van der Waals surface area contributed by atoms with E-state index in [2.05, 4.69) is 25.1 Å². The molecule has 0 aromatic heterocycles. The normalized spacial score (nSPS) is 19.1. The molecular weight excluding hydrogens is 312 g/mol. The van der Waals surface area contributed by atoms with Gasteiger partial charge in [0, 0.05) is 38.5 Å². The van der Waals surface area contributed by atoms with Gasteiger partial charge in [0.05, 0.1) is 0 Å². The van der Waals surface area contributed by atoms with Crippen molar-refractivity contribution in [2.75, 3.05) is 26.2 Å². The minimum absolute atomic E-state index is 0.124. The van der Waals surface area contributed by atoms with Crippen LogP contribution >= 0.6 is 0 Å². The third-order valence-electron chi connectivity index (χ3n) is 5.57. The zero-order chi connectivity index (χ0) is 17.6. The molecule has 0 unspecified atom stereocenters. The zero-order valence-electron chi connectivity index (χ0n) is 15.4. The molecule has 1 aromatic carbocycles. The summed E-state index contributed by atoms with van der Waals surface area (Å²) in [5.74, 6) is 0.677. The van der Waals surface area contributed by atoms with Crippen LogP contribution in [0.2, 0.25) is 0 Å². The third kappa shape index (κ3) is 4.83. The lowest BCUT2D eigenvalue weighted by molar-refractivity contribution is -0.141. The van der Waals surface area contributed by atoms with Crippen molar-refractivity contribution < 1.29 is 9.59 Å². The highest BCUT2D eigenvalue weighted by atomic mass is 16.2. The molecule has 2 amide bonds. The highest BCUT2D eigenvalue weighted by Crippen LogP contribution is 2.22. The Balaban J connectivity index is 1.43. The van der Waals surface area contributed by atoms with Crippen LogP contribution in [0.3, 0.4) is 0 Å². The Hall–Kier alpha value is -1.84. The van der Waals surface area contributed by atoms with E-state index in [9.17, 15) is 9.59 Å². The fourth-order valence-electron chi connectivity index (χ4n) is 4.03. The van der Waals surface area contributed by atoms with Gasteiger partial charge in [-0.05, 0) is 51.0 Å². The molecule has 2 fully saturated rings. The van der Waals surface area contributed by atoms with E-state index in [0.29, 0.717) is 12.3 Å².